The van der Waals surface area contributed by atoms with Gasteiger partial charge < -0.3 is 10.1 Å². The monoisotopic (exact) mass is 284 g/mol. The highest BCUT2D eigenvalue weighted by Gasteiger charge is 2.16. The van der Waals surface area contributed by atoms with Crippen LogP contribution >= 0.6 is 22.9 Å². The highest BCUT2D eigenvalue weighted by Crippen LogP contribution is 2.14. The van der Waals surface area contributed by atoms with Crippen LogP contribution < -0.4 is 5.32 Å². The zero-order chi connectivity index (χ0) is 13.0. The minimum absolute atomic E-state index is 0.157. The third-order valence-corrected chi connectivity index (χ3v) is 3.19. The first-order valence-corrected chi connectivity index (χ1v) is 6.57. The van der Waals surface area contributed by atoms with Crippen molar-refractivity contribution in [2.75, 3.05) is 11.9 Å². The van der Waals surface area contributed by atoms with Gasteiger partial charge >= 0.3 is 5.97 Å². The molecule has 0 atom stereocenters. The van der Waals surface area contributed by atoms with Crippen molar-refractivity contribution in [1.29, 1.82) is 0 Å². The molecule has 0 fully saturated rings. The second-order valence-corrected chi connectivity index (χ2v) is 4.64. The Bertz CT molecular complexity index is 552. The molecule has 18 heavy (non-hydrogen) atoms. The Morgan fingerprint density at radius 3 is 3.00 bits per heavy atom. The number of nitrogens with one attached hydrogen (secondary N) is 1. The number of amides is 1. The highest BCUT2D eigenvalue weighted by atomic mass is 32.1. The Labute approximate surface area is 110 Å². The predicted molar refractivity (Wildman–Crippen MR) is 65.9 cm³/mol. The van der Waals surface area contributed by atoms with Crippen LogP contribution in [0.4, 0.5) is 5.00 Å². The van der Waals surface area contributed by atoms with Gasteiger partial charge in [-0.25, -0.2) is 9.78 Å². The van der Waals surface area contributed by atoms with Crippen molar-refractivity contribution in [3.8, 4) is 0 Å². The lowest BCUT2D eigenvalue weighted by molar-refractivity contribution is 0.0526. The normalized spacial score (nSPS) is 10.1. The molecule has 7 nitrogen and oxygen atoms in total. The summed E-state index contributed by atoms with van der Waals surface area (Å²) >= 11 is 2.12. The topological polar surface area (TPSA) is 94.1 Å². The molecule has 2 aromatic rings. The Hall–Kier alpha value is -1.87. The average molecular weight is 284 g/mol. The summed E-state index contributed by atoms with van der Waals surface area (Å²) in [6.07, 6.45) is 1.43. The first kappa shape index (κ1) is 12.6. The van der Waals surface area contributed by atoms with Crippen molar-refractivity contribution >= 4 is 39.7 Å². The van der Waals surface area contributed by atoms with E-state index in [-0.39, 0.29) is 17.3 Å². The molecule has 0 saturated carbocycles. The van der Waals surface area contributed by atoms with Crippen LogP contribution in [0.25, 0.3) is 0 Å². The molecule has 0 unspecified atom stereocenters. The van der Waals surface area contributed by atoms with Crippen LogP contribution in [0, 0.1) is 0 Å². The summed E-state index contributed by atoms with van der Waals surface area (Å²) in [7, 11) is 0. The number of anilines is 1. The van der Waals surface area contributed by atoms with Gasteiger partial charge in [-0.15, -0.1) is 16.4 Å². The molecule has 94 valence electrons. The van der Waals surface area contributed by atoms with E-state index in [1.54, 1.807) is 6.92 Å². The molecule has 0 bridgehead atoms. The molecule has 1 amide bonds. The second-order valence-electron chi connectivity index (χ2n) is 2.99. The van der Waals surface area contributed by atoms with Gasteiger partial charge in [0.25, 0.3) is 5.91 Å². The van der Waals surface area contributed by atoms with Crippen LogP contribution in [0.5, 0.6) is 0 Å². The first-order chi connectivity index (χ1) is 8.70. The first-order valence-electron chi connectivity index (χ1n) is 4.92. The van der Waals surface area contributed by atoms with Crippen molar-refractivity contribution in [1.82, 2.24) is 14.6 Å². The zero-order valence-corrected chi connectivity index (χ0v) is 10.9. The molecule has 9 heteroatoms. The summed E-state index contributed by atoms with van der Waals surface area (Å²) in [6.45, 7) is 1.97. The number of carbonyl (C=O) groups is 2. The molecular formula is C9H8N4O3S2. The van der Waals surface area contributed by atoms with Gasteiger partial charge in [-0.3, -0.25) is 4.79 Å². The number of hydrogen-bond acceptors (Lipinski definition) is 8. The SMILES string of the molecule is CCOC(=O)c1nc(C(=O)Nc2cnns2)cs1. The molecule has 0 aliphatic carbocycles. The zero-order valence-electron chi connectivity index (χ0n) is 9.24. The summed E-state index contributed by atoms with van der Waals surface area (Å²) in [5.41, 5.74) is 0.163. The van der Waals surface area contributed by atoms with Gasteiger partial charge in [0, 0.05) is 16.9 Å². The molecule has 2 aromatic heterocycles. The van der Waals surface area contributed by atoms with Crippen LogP contribution in [0.15, 0.2) is 11.6 Å². The lowest BCUT2D eigenvalue weighted by Crippen LogP contribution is -2.12. The Morgan fingerprint density at radius 2 is 2.33 bits per heavy atom. The number of ether oxygens (including phenoxy) is 1. The number of thiazole rings is 1. The standard InChI is InChI=1S/C9H8N4O3S2/c1-2-16-9(15)8-11-5(4-17-8)7(14)12-6-3-10-13-18-6/h3-4H,2H2,1H3,(H,12,14). The summed E-state index contributed by atoms with van der Waals surface area (Å²) in [6, 6.07) is 0. The van der Waals surface area contributed by atoms with E-state index in [2.05, 4.69) is 19.9 Å². The van der Waals surface area contributed by atoms with Crippen LogP contribution in [0.3, 0.4) is 0 Å². The van der Waals surface area contributed by atoms with Crippen molar-refractivity contribution in [3.63, 3.8) is 0 Å². The molecule has 0 aromatic carbocycles. The van der Waals surface area contributed by atoms with E-state index in [0.29, 0.717) is 5.00 Å². The number of hydrogen-bond donors (Lipinski definition) is 1. The van der Waals surface area contributed by atoms with Gasteiger partial charge in [-0.1, -0.05) is 4.49 Å². The lowest BCUT2D eigenvalue weighted by atomic mass is 10.4. The van der Waals surface area contributed by atoms with E-state index < -0.39 is 11.9 Å². The molecule has 2 rings (SSSR count). The number of esters is 1. The van der Waals surface area contributed by atoms with Gasteiger partial charge in [0.1, 0.15) is 10.7 Å². The van der Waals surface area contributed by atoms with Crippen molar-refractivity contribution in [2.45, 2.75) is 6.92 Å². The lowest BCUT2D eigenvalue weighted by Gasteiger charge is -1.97. The number of carbonyl (C=O) groups excluding carboxylic acids is 2. The van der Waals surface area contributed by atoms with Crippen molar-refractivity contribution in [3.05, 3.63) is 22.3 Å². The summed E-state index contributed by atoms with van der Waals surface area (Å²) in [5, 5.41) is 8.33. The molecule has 1 N–H and O–H groups in total. The Morgan fingerprint density at radius 1 is 1.50 bits per heavy atom. The highest BCUT2D eigenvalue weighted by molar-refractivity contribution is 7.12. The minimum atomic E-state index is -0.527. The third-order valence-electron chi connectivity index (χ3n) is 1.78. The molecule has 2 heterocycles. The van der Waals surface area contributed by atoms with Crippen LogP contribution in [-0.4, -0.2) is 33.1 Å². The van der Waals surface area contributed by atoms with E-state index in [9.17, 15) is 9.59 Å². The fourth-order valence-electron chi connectivity index (χ4n) is 1.06. The maximum Gasteiger partial charge on any atom is 0.367 e. The van der Waals surface area contributed by atoms with Gasteiger partial charge in [0.15, 0.2) is 0 Å². The maximum atomic E-state index is 11.7. The minimum Gasteiger partial charge on any atom is -0.461 e. The largest absolute Gasteiger partial charge is 0.461 e. The molecule has 0 aliphatic heterocycles. The second kappa shape index (κ2) is 5.65. The van der Waals surface area contributed by atoms with E-state index in [1.165, 1.54) is 11.6 Å². The van der Waals surface area contributed by atoms with Gasteiger partial charge in [-0.2, -0.15) is 0 Å². The van der Waals surface area contributed by atoms with E-state index in [1.807, 2.05) is 0 Å². The van der Waals surface area contributed by atoms with Crippen molar-refractivity contribution in [2.24, 2.45) is 0 Å². The molecular weight excluding hydrogens is 276 g/mol. The van der Waals surface area contributed by atoms with E-state index >= 15 is 0 Å². The molecule has 0 spiro atoms. The predicted octanol–water partition coefficient (Wildman–Crippen LogP) is 1.42. The molecule has 0 radical (unpaired) electrons. The summed E-state index contributed by atoms with van der Waals surface area (Å²) < 4.78 is 8.40. The summed E-state index contributed by atoms with van der Waals surface area (Å²) in [5.74, 6) is -0.936. The van der Waals surface area contributed by atoms with Crippen LogP contribution in [0.1, 0.15) is 27.2 Å². The van der Waals surface area contributed by atoms with E-state index in [0.717, 1.165) is 22.9 Å². The average Bonchev–Trinajstić information content (AvgIpc) is 2.99. The Kier molecular flexibility index (Phi) is 3.95. The van der Waals surface area contributed by atoms with Crippen LogP contribution in [-0.2, 0) is 4.74 Å². The van der Waals surface area contributed by atoms with Gasteiger partial charge in [-0.05, 0) is 6.92 Å². The Balaban J connectivity index is 2.05. The number of aromatic nitrogens is 3. The van der Waals surface area contributed by atoms with Gasteiger partial charge in [0.2, 0.25) is 5.01 Å². The third kappa shape index (κ3) is 2.87. The van der Waals surface area contributed by atoms with Gasteiger partial charge in [0.05, 0.1) is 12.8 Å². The molecule has 0 saturated heterocycles. The maximum absolute atomic E-state index is 11.7. The quantitative estimate of drug-likeness (QED) is 0.853. The fourth-order valence-corrected chi connectivity index (χ4v) is 2.17. The number of nitrogens with zero attached hydrogens (tertiary/aromatic N) is 3. The van der Waals surface area contributed by atoms with Crippen LogP contribution in [0.2, 0.25) is 0 Å². The molecule has 0 aliphatic rings. The fraction of sp³-hybridized carbons (Fsp3) is 0.222. The summed E-state index contributed by atoms with van der Waals surface area (Å²) in [4.78, 5) is 27.0. The number of rotatable bonds is 4. The smallest absolute Gasteiger partial charge is 0.367 e. The van der Waals surface area contributed by atoms with Crippen molar-refractivity contribution < 1.29 is 14.3 Å². The van der Waals surface area contributed by atoms with E-state index in [4.69, 9.17) is 4.74 Å².